The summed E-state index contributed by atoms with van der Waals surface area (Å²) < 4.78 is 3.78. The lowest BCUT2D eigenvalue weighted by atomic mass is 10.4. The number of hydrogen-bond acceptors (Lipinski definition) is 2. The highest BCUT2D eigenvalue weighted by atomic mass is 79.9. The molecule has 0 aromatic carbocycles. The Morgan fingerprint density at radius 1 is 1.42 bits per heavy atom. The zero-order valence-corrected chi connectivity index (χ0v) is 11.1. The van der Waals surface area contributed by atoms with Crippen LogP contribution in [-0.4, -0.2) is 6.26 Å². The minimum atomic E-state index is 0. The van der Waals surface area contributed by atoms with Crippen LogP contribution in [0.3, 0.4) is 0 Å². The van der Waals surface area contributed by atoms with Gasteiger partial charge in [-0.2, -0.15) is 4.57 Å². The number of nitrogens with zero attached hydrogens (tertiary/aromatic N) is 1. The topological polar surface area (TPSA) is 3.88 Å². The molecule has 0 saturated carbocycles. The molecule has 1 heterocycles. The van der Waals surface area contributed by atoms with E-state index in [9.17, 15) is 0 Å². The van der Waals surface area contributed by atoms with Gasteiger partial charge < -0.3 is 17.0 Å². The summed E-state index contributed by atoms with van der Waals surface area (Å²) in [5.41, 5.74) is 1.42. The highest BCUT2D eigenvalue weighted by molar-refractivity contribution is 8.00. The third-order valence-electron chi connectivity index (χ3n) is 1.87. The van der Waals surface area contributed by atoms with Crippen LogP contribution in [0, 0.1) is 13.8 Å². The zero-order chi connectivity index (χ0) is 8.43. The van der Waals surface area contributed by atoms with Gasteiger partial charge in [-0.1, -0.05) is 11.3 Å². The minimum absolute atomic E-state index is 0. The van der Waals surface area contributed by atoms with Gasteiger partial charge in [0.1, 0.15) is 6.54 Å². The molecule has 0 unspecified atom stereocenters. The second kappa shape index (κ2) is 5.25. The number of aromatic nitrogens is 1. The van der Waals surface area contributed by atoms with E-state index in [-0.39, 0.29) is 17.0 Å². The van der Waals surface area contributed by atoms with Gasteiger partial charge >= 0.3 is 0 Å². The second-order valence-corrected chi connectivity index (χ2v) is 4.71. The Bertz CT molecular complexity index is 258. The molecule has 1 aromatic rings. The van der Waals surface area contributed by atoms with E-state index in [1.165, 1.54) is 14.9 Å². The van der Waals surface area contributed by atoms with Gasteiger partial charge in [0, 0.05) is 6.92 Å². The molecular formula is C8H14BrNS2. The monoisotopic (exact) mass is 267 g/mol. The lowest BCUT2D eigenvalue weighted by molar-refractivity contribution is -0.728. The minimum Gasteiger partial charge on any atom is -1.00 e. The summed E-state index contributed by atoms with van der Waals surface area (Å²) in [6, 6.07) is 0. The van der Waals surface area contributed by atoms with Crippen LogP contribution in [-0.2, 0) is 6.54 Å². The van der Waals surface area contributed by atoms with E-state index in [0.29, 0.717) is 0 Å². The van der Waals surface area contributed by atoms with Gasteiger partial charge in [-0.05, 0) is 31.9 Å². The normalized spacial score (nSPS) is 9.67. The molecule has 1 rings (SSSR count). The third kappa shape index (κ3) is 2.24. The van der Waals surface area contributed by atoms with Gasteiger partial charge in [0.25, 0.3) is 4.34 Å². The Morgan fingerprint density at radius 2 is 2.00 bits per heavy atom. The molecule has 0 spiro atoms. The summed E-state index contributed by atoms with van der Waals surface area (Å²) in [4.78, 5) is 1.44. The predicted octanol–water partition coefficient (Wildman–Crippen LogP) is -0.602. The van der Waals surface area contributed by atoms with Gasteiger partial charge in [-0.25, -0.2) is 0 Å². The molecule has 0 aliphatic carbocycles. The van der Waals surface area contributed by atoms with Crippen molar-refractivity contribution in [1.29, 1.82) is 0 Å². The number of aryl methyl sites for hydroxylation is 1. The standard InChI is InChI=1S/C8H14NS2.BrH/c1-5-9-6(2)7(3)11-8(9)10-4;/h5H2,1-4H3;1H/q+1;/p-1. The van der Waals surface area contributed by atoms with E-state index in [2.05, 4.69) is 31.6 Å². The summed E-state index contributed by atoms with van der Waals surface area (Å²) in [6.07, 6.45) is 2.14. The molecule has 0 saturated heterocycles. The van der Waals surface area contributed by atoms with E-state index >= 15 is 0 Å². The van der Waals surface area contributed by atoms with Crippen molar-refractivity contribution in [1.82, 2.24) is 0 Å². The van der Waals surface area contributed by atoms with E-state index in [1.807, 2.05) is 23.1 Å². The Kier molecular flexibility index (Phi) is 5.45. The van der Waals surface area contributed by atoms with Crippen molar-refractivity contribution < 1.29 is 21.5 Å². The van der Waals surface area contributed by atoms with Crippen LogP contribution < -0.4 is 21.5 Å². The molecule has 1 nitrogen and oxygen atoms in total. The number of hydrogen-bond donors (Lipinski definition) is 0. The van der Waals surface area contributed by atoms with Gasteiger partial charge in [-0.3, -0.25) is 0 Å². The zero-order valence-electron chi connectivity index (χ0n) is 7.85. The van der Waals surface area contributed by atoms with E-state index in [1.54, 1.807) is 0 Å². The number of thiazole rings is 1. The predicted molar refractivity (Wildman–Crippen MR) is 51.4 cm³/mol. The van der Waals surface area contributed by atoms with Crippen molar-refractivity contribution in [3.8, 4) is 0 Å². The molecule has 70 valence electrons. The first kappa shape index (κ1) is 12.5. The molecule has 0 atom stereocenters. The van der Waals surface area contributed by atoms with Gasteiger partial charge in [-0.15, -0.1) is 0 Å². The van der Waals surface area contributed by atoms with Gasteiger partial charge in [0.05, 0.1) is 4.88 Å². The summed E-state index contributed by atoms with van der Waals surface area (Å²) >= 11 is 3.73. The van der Waals surface area contributed by atoms with Crippen LogP contribution in [0.1, 0.15) is 17.5 Å². The van der Waals surface area contributed by atoms with Crippen LogP contribution in [0.15, 0.2) is 4.34 Å². The van der Waals surface area contributed by atoms with Crippen LogP contribution in [0.5, 0.6) is 0 Å². The van der Waals surface area contributed by atoms with Crippen molar-refractivity contribution in [3.05, 3.63) is 10.6 Å². The summed E-state index contributed by atoms with van der Waals surface area (Å²) in [7, 11) is 0. The maximum Gasteiger partial charge on any atom is 0.297 e. The van der Waals surface area contributed by atoms with E-state index in [0.717, 1.165) is 6.54 Å². The molecule has 0 amide bonds. The molecule has 0 radical (unpaired) electrons. The Morgan fingerprint density at radius 3 is 2.33 bits per heavy atom. The lowest BCUT2D eigenvalue weighted by Gasteiger charge is -1.91. The molecule has 0 aliphatic rings. The average Bonchev–Trinajstić information content (AvgIpc) is 2.28. The van der Waals surface area contributed by atoms with Gasteiger partial charge in [0.2, 0.25) is 0 Å². The highest BCUT2D eigenvalue weighted by Crippen LogP contribution is 2.22. The third-order valence-corrected chi connectivity index (χ3v) is 4.18. The molecule has 0 fully saturated rings. The van der Waals surface area contributed by atoms with E-state index < -0.39 is 0 Å². The van der Waals surface area contributed by atoms with Crippen LogP contribution >= 0.6 is 23.1 Å². The summed E-state index contributed by atoms with van der Waals surface area (Å²) in [5, 5.41) is 0. The van der Waals surface area contributed by atoms with Crippen molar-refractivity contribution >= 4 is 23.1 Å². The maximum atomic E-state index is 2.37. The molecule has 0 N–H and O–H groups in total. The second-order valence-electron chi connectivity index (χ2n) is 2.46. The SMILES string of the molecule is CC[n+]1c(SC)sc(C)c1C.[Br-]. The fourth-order valence-corrected chi connectivity index (χ4v) is 3.20. The fraction of sp³-hybridized carbons (Fsp3) is 0.625. The molecule has 12 heavy (non-hydrogen) atoms. The molecule has 0 aliphatic heterocycles. The molecular weight excluding hydrogens is 254 g/mol. The maximum absolute atomic E-state index is 2.37. The Balaban J connectivity index is 0.00000121. The number of halogens is 1. The first-order valence-corrected chi connectivity index (χ1v) is 5.78. The average molecular weight is 268 g/mol. The molecule has 4 heteroatoms. The molecule has 0 bridgehead atoms. The first-order chi connectivity index (χ1) is 5.20. The summed E-state index contributed by atoms with van der Waals surface area (Å²) in [5.74, 6) is 0. The quantitative estimate of drug-likeness (QED) is 0.512. The Hall–Kier alpha value is 0.460. The van der Waals surface area contributed by atoms with Crippen LogP contribution in [0.4, 0.5) is 0 Å². The smallest absolute Gasteiger partial charge is 0.297 e. The number of thioether (sulfide) groups is 1. The van der Waals surface area contributed by atoms with Crippen LogP contribution in [0.2, 0.25) is 0 Å². The van der Waals surface area contributed by atoms with E-state index in [4.69, 9.17) is 0 Å². The summed E-state index contributed by atoms with van der Waals surface area (Å²) in [6.45, 7) is 7.66. The van der Waals surface area contributed by atoms with Crippen molar-refractivity contribution in [2.45, 2.75) is 31.7 Å². The number of rotatable bonds is 2. The van der Waals surface area contributed by atoms with Gasteiger partial charge in [0.15, 0.2) is 5.69 Å². The highest BCUT2D eigenvalue weighted by Gasteiger charge is 2.17. The largest absolute Gasteiger partial charge is 1.00 e. The molecule has 1 aromatic heterocycles. The van der Waals surface area contributed by atoms with Crippen molar-refractivity contribution in [3.63, 3.8) is 0 Å². The first-order valence-electron chi connectivity index (χ1n) is 3.74. The van der Waals surface area contributed by atoms with Crippen LogP contribution in [0.25, 0.3) is 0 Å². The van der Waals surface area contributed by atoms with Crippen molar-refractivity contribution in [2.24, 2.45) is 0 Å². The lowest BCUT2D eigenvalue weighted by Crippen LogP contribution is -3.00. The van der Waals surface area contributed by atoms with Crippen molar-refractivity contribution in [2.75, 3.05) is 6.26 Å². The Labute approximate surface area is 93.0 Å². The fourth-order valence-electron chi connectivity index (χ4n) is 1.11.